The number of hydrogen-bond acceptors (Lipinski definition) is 4. The molecule has 2 rings (SSSR count). The number of esters is 1. The van der Waals surface area contributed by atoms with Crippen LogP contribution in [0.2, 0.25) is 0 Å². The summed E-state index contributed by atoms with van der Waals surface area (Å²) in [4.78, 5) is 25.1. The van der Waals surface area contributed by atoms with Gasteiger partial charge in [0.1, 0.15) is 5.78 Å². The van der Waals surface area contributed by atoms with Crippen LogP contribution in [0.5, 0.6) is 0 Å². The fourth-order valence-electron chi connectivity index (χ4n) is 2.24. The highest BCUT2D eigenvalue weighted by Gasteiger charge is 2.34. The van der Waals surface area contributed by atoms with Crippen LogP contribution < -0.4 is 0 Å². The summed E-state index contributed by atoms with van der Waals surface area (Å²) in [7, 11) is 0. The SMILES string of the molecule is CCOC(=O)CN(Cc1ccccc1)C1CCC1=O. The Morgan fingerprint density at radius 1 is 1.37 bits per heavy atom. The van der Waals surface area contributed by atoms with Crippen LogP contribution in [-0.2, 0) is 20.9 Å². The Morgan fingerprint density at radius 2 is 2.11 bits per heavy atom. The van der Waals surface area contributed by atoms with Crippen molar-refractivity contribution in [1.29, 1.82) is 0 Å². The van der Waals surface area contributed by atoms with Crippen molar-refractivity contribution >= 4 is 11.8 Å². The first-order chi connectivity index (χ1) is 9.20. The third kappa shape index (κ3) is 3.64. The molecule has 0 aliphatic heterocycles. The maximum Gasteiger partial charge on any atom is 0.320 e. The second-order valence-electron chi connectivity index (χ2n) is 4.72. The van der Waals surface area contributed by atoms with Crippen LogP contribution in [0.4, 0.5) is 0 Å². The number of carbonyl (C=O) groups is 2. The Morgan fingerprint density at radius 3 is 2.63 bits per heavy atom. The van der Waals surface area contributed by atoms with E-state index in [2.05, 4.69) is 0 Å². The number of ketones is 1. The van der Waals surface area contributed by atoms with Gasteiger partial charge in [-0.2, -0.15) is 0 Å². The normalized spacial score (nSPS) is 18.2. The van der Waals surface area contributed by atoms with Crippen molar-refractivity contribution in [2.45, 2.75) is 32.4 Å². The van der Waals surface area contributed by atoms with E-state index >= 15 is 0 Å². The first kappa shape index (κ1) is 13.7. The van der Waals surface area contributed by atoms with E-state index in [1.54, 1.807) is 6.92 Å². The molecule has 4 heteroatoms. The molecule has 1 aliphatic rings. The summed E-state index contributed by atoms with van der Waals surface area (Å²) >= 11 is 0. The zero-order valence-corrected chi connectivity index (χ0v) is 11.2. The minimum absolute atomic E-state index is 0.121. The van der Waals surface area contributed by atoms with Crippen molar-refractivity contribution in [1.82, 2.24) is 4.90 Å². The quantitative estimate of drug-likeness (QED) is 0.732. The number of ether oxygens (including phenoxy) is 1. The molecule has 1 aromatic carbocycles. The molecule has 0 radical (unpaired) electrons. The molecule has 1 unspecified atom stereocenters. The standard InChI is InChI=1S/C15H19NO3/c1-2-19-15(18)11-16(13-8-9-14(13)17)10-12-6-4-3-5-7-12/h3-7,13H,2,8-11H2,1H3. The summed E-state index contributed by atoms with van der Waals surface area (Å²) in [6.45, 7) is 2.94. The van der Waals surface area contributed by atoms with E-state index in [0.717, 1.165) is 12.0 Å². The Hall–Kier alpha value is -1.68. The lowest BCUT2D eigenvalue weighted by Gasteiger charge is -2.35. The average Bonchev–Trinajstić information content (AvgIpc) is 2.38. The molecule has 0 spiro atoms. The summed E-state index contributed by atoms with van der Waals surface area (Å²) < 4.78 is 4.97. The lowest BCUT2D eigenvalue weighted by molar-refractivity contribution is -0.147. The Labute approximate surface area is 113 Å². The highest BCUT2D eigenvalue weighted by Crippen LogP contribution is 2.22. The smallest absolute Gasteiger partial charge is 0.320 e. The number of rotatable bonds is 6. The van der Waals surface area contributed by atoms with Crippen LogP contribution in [0, 0.1) is 0 Å². The molecule has 1 fully saturated rings. The molecule has 0 heterocycles. The summed E-state index contributed by atoms with van der Waals surface area (Å²) in [5.74, 6) is -0.0432. The minimum Gasteiger partial charge on any atom is -0.465 e. The predicted octanol–water partition coefficient (Wildman–Crippen LogP) is 1.78. The number of carbonyl (C=O) groups excluding carboxylic acids is 2. The monoisotopic (exact) mass is 261 g/mol. The van der Waals surface area contributed by atoms with Gasteiger partial charge in [-0.3, -0.25) is 14.5 Å². The van der Waals surface area contributed by atoms with Gasteiger partial charge in [0.25, 0.3) is 0 Å². The van der Waals surface area contributed by atoms with Gasteiger partial charge in [0.15, 0.2) is 0 Å². The van der Waals surface area contributed by atoms with Crippen LogP contribution in [0.25, 0.3) is 0 Å². The van der Waals surface area contributed by atoms with Gasteiger partial charge < -0.3 is 4.74 Å². The highest BCUT2D eigenvalue weighted by atomic mass is 16.5. The van der Waals surface area contributed by atoms with E-state index in [1.165, 1.54) is 0 Å². The molecule has 0 amide bonds. The number of benzene rings is 1. The third-order valence-electron chi connectivity index (χ3n) is 3.34. The number of nitrogens with zero attached hydrogens (tertiary/aromatic N) is 1. The van der Waals surface area contributed by atoms with Crippen LogP contribution in [-0.4, -0.2) is 35.8 Å². The lowest BCUT2D eigenvalue weighted by atomic mass is 9.89. The van der Waals surface area contributed by atoms with Crippen LogP contribution >= 0.6 is 0 Å². The molecule has 4 nitrogen and oxygen atoms in total. The second-order valence-corrected chi connectivity index (χ2v) is 4.72. The molecular formula is C15H19NO3. The van der Waals surface area contributed by atoms with E-state index in [1.807, 2.05) is 35.2 Å². The molecule has 1 aliphatic carbocycles. The molecule has 0 bridgehead atoms. The molecular weight excluding hydrogens is 242 g/mol. The first-order valence-corrected chi connectivity index (χ1v) is 6.67. The molecule has 0 saturated heterocycles. The maximum absolute atomic E-state index is 11.6. The van der Waals surface area contributed by atoms with E-state index in [4.69, 9.17) is 4.74 Å². The first-order valence-electron chi connectivity index (χ1n) is 6.67. The summed E-state index contributed by atoms with van der Waals surface area (Å²) in [5.41, 5.74) is 1.10. The topological polar surface area (TPSA) is 46.6 Å². The van der Waals surface area contributed by atoms with E-state index in [-0.39, 0.29) is 24.3 Å². The Kier molecular flexibility index (Phi) is 4.68. The zero-order valence-electron chi connectivity index (χ0n) is 11.2. The zero-order chi connectivity index (χ0) is 13.7. The molecule has 1 saturated carbocycles. The maximum atomic E-state index is 11.6. The Bertz CT molecular complexity index is 444. The second kappa shape index (κ2) is 6.48. The van der Waals surface area contributed by atoms with Gasteiger partial charge in [0.05, 0.1) is 19.2 Å². The fraction of sp³-hybridized carbons (Fsp3) is 0.467. The van der Waals surface area contributed by atoms with E-state index in [0.29, 0.717) is 19.6 Å². The highest BCUT2D eigenvalue weighted by molar-refractivity contribution is 5.90. The van der Waals surface area contributed by atoms with Gasteiger partial charge in [0.2, 0.25) is 0 Å². The van der Waals surface area contributed by atoms with Gasteiger partial charge in [-0.15, -0.1) is 0 Å². The molecule has 19 heavy (non-hydrogen) atoms. The van der Waals surface area contributed by atoms with Crippen LogP contribution in [0.15, 0.2) is 30.3 Å². The van der Waals surface area contributed by atoms with Gasteiger partial charge in [-0.1, -0.05) is 30.3 Å². The number of Topliss-reactive ketones (excluding diaryl/α,β-unsaturated/α-hetero) is 1. The van der Waals surface area contributed by atoms with Gasteiger partial charge >= 0.3 is 5.97 Å². The van der Waals surface area contributed by atoms with Crippen molar-refractivity contribution in [3.8, 4) is 0 Å². The predicted molar refractivity (Wildman–Crippen MR) is 71.5 cm³/mol. The molecule has 1 aromatic rings. The van der Waals surface area contributed by atoms with Crippen molar-refractivity contribution in [2.75, 3.05) is 13.2 Å². The fourth-order valence-corrected chi connectivity index (χ4v) is 2.24. The van der Waals surface area contributed by atoms with Crippen LogP contribution in [0.3, 0.4) is 0 Å². The van der Waals surface area contributed by atoms with Gasteiger partial charge in [-0.25, -0.2) is 0 Å². The summed E-state index contributed by atoms with van der Waals surface area (Å²) in [6.07, 6.45) is 1.46. The van der Waals surface area contributed by atoms with Crippen molar-refractivity contribution < 1.29 is 14.3 Å². The molecule has 1 atom stereocenters. The van der Waals surface area contributed by atoms with E-state index in [9.17, 15) is 9.59 Å². The number of hydrogen-bond donors (Lipinski definition) is 0. The van der Waals surface area contributed by atoms with Gasteiger partial charge in [-0.05, 0) is 18.9 Å². The van der Waals surface area contributed by atoms with Crippen molar-refractivity contribution in [3.05, 3.63) is 35.9 Å². The van der Waals surface area contributed by atoms with Gasteiger partial charge in [0, 0.05) is 13.0 Å². The van der Waals surface area contributed by atoms with Crippen molar-refractivity contribution in [3.63, 3.8) is 0 Å². The summed E-state index contributed by atoms with van der Waals surface area (Å²) in [5, 5.41) is 0. The largest absolute Gasteiger partial charge is 0.465 e. The molecule has 0 aromatic heterocycles. The summed E-state index contributed by atoms with van der Waals surface area (Å²) in [6, 6.07) is 9.75. The van der Waals surface area contributed by atoms with Crippen molar-refractivity contribution in [2.24, 2.45) is 0 Å². The van der Waals surface area contributed by atoms with E-state index < -0.39 is 0 Å². The third-order valence-corrected chi connectivity index (χ3v) is 3.34. The molecule has 0 N–H and O–H groups in total. The Balaban J connectivity index is 2.01. The lowest BCUT2D eigenvalue weighted by Crippen LogP contribution is -2.49. The minimum atomic E-state index is -0.266. The average molecular weight is 261 g/mol. The molecule has 102 valence electrons. The van der Waals surface area contributed by atoms with Crippen LogP contribution in [0.1, 0.15) is 25.3 Å².